The fraction of sp³-hybridized carbons (Fsp3) is 0.531. The van der Waals surface area contributed by atoms with Gasteiger partial charge >= 0.3 is 0 Å². The first kappa shape index (κ1) is 35.4. The van der Waals surface area contributed by atoms with Gasteiger partial charge < -0.3 is 5.32 Å². The smallest absolute Gasteiger partial charge is 0.295 e. The van der Waals surface area contributed by atoms with Gasteiger partial charge in [-0.05, 0) is 36.8 Å². The lowest BCUT2D eigenvalue weighted by Crippen LogP contribution is -2.30. The summed E-state index contributed by atoms with van der Waals surface area (Å²) in [5.41, 5.74) is -0.0696. The van der Waals surface area contributed by atoms with E-state index in [1.54, 1.807) is 6.07 Å². The topological polar surface area (TPSA) is 150 Å². The van der Waals surface area contributed by atoms with Crippen LogP contribution in [0.1, 0.15) is 114 Å². The number of amidine groups is 1. The van der Waals surface area contributed by atoms with Crippen LogP contribution in [0.15, 0.2) is 63.4 Å². The summed E-state index contributed by atoms with van der Waals surface area (Å²) in [7, 11) is -8.22. The fourth-order valence-corrected chi connectivity index (χ4v) is 7.29. The second kappa shape index (κ2) is 17.4. The van der Waals surface area contributed by atoms with Gasteiger partial charge in [0.1, 0.15) is 10.7 Å². The van der Waals surface area contributed by atoms with Gasteiger partial charge in [-0.15, -0.1) is 0 Å². The Morgan fingerprint density at radius 2 is 1.39 bits per heavy atom. The van der Waals surface area contributed by atoms with E-state index in [2.05, 4.69) is 17.3 Å². The molecular weight excluding hydrogens is 603 g/mol. The summed E-state index contributed by atoms with van der Waals surface area (Å²) in [5, 5.41) is 7.54. The summed E-state index contributed by atoms with van der Waals surface area (Å²) in [4.78, 5) is 24.9. The van der Waals surface area contributed by atoms with Gasteiger partial charge in [-0.2, -0.15) is 18.5 Å². The van der Waals surface area contributed by atoms with Crippen LogP contribution < -0.4 is 10.3 Å². The fourth-order valence-electron chi connectivity index (χ4n) is 5.19. The van der Waals surface area contributed by atoms with Gasteiger partial charge in [0.25, 0.3) is 21.9 Å². The molecule has 0 saturated carbocycles. The van der Waals surface area contributed by atoms with Crippen molar-refractivity contribution in [2.45, 2.75) is 113 Å². The number of benzene rings is 2. The number of rotatable bonds is 19. The molecule has 1 heterocycles. The number of nitrogens with zero attached hydrogens (tertiary/aromatic N) is 2. The van der Waals surface area contributed by atoms with E-state index in [0.717, 1.165) is 30.3 Å². The molecule has 0 saturated heterocycles. The molecule has 0 fully saturated rings. The highest BCUT2D eigenvalue weighted by atomic mass is 32.2. The first-order valence-corrected chi connectivity index (χ1v) is 18.7. The first-order valence-electron chi connectivity index (χ1n) is 15.6. The number of hydrogen-bond donors (Lipinski definition) is 2. The summed E-state index contributed by atoms with van der Waals surface area (Å²) >= 11 is 0. The molecule has 1 aliphatic heterocycles. The molecule has 0 aromatic heterocycles. The average molecular weight is 648 g/mol. The van der Waals surface area contributed by atoms with Crippen LogP contribution in [0.2, 0.25) is 0 Å². The van der Waals surface area contributed by atoms with Gasteiger partial charge in [0.05, 0.1) is 28.3 Å². The minimum absolute atomic E-state index is 0.0141. The standard InChI is InChI=1S/C32H45N3O7S2/c1-2-3-4-5-6-7-8-9-10-11-12-13-14-17-23-43(38,39)27-20-18-19-26(24-27)35-31(36)25-30(34-35)33-32(37)28-21-15-16-22-29(28)44(40,41)42/h15-16,18-22,24H,2-14,17,23,25H2,1H3,(H,33,34,37)(H,40,41,42). The normalized spacial score (nSPS) is 13.7. The van der Waals surface area contributed by atoms with Crippen LogP contribution in [0.25, 0.3) is 0 Å². The molecule has 44 heavy (non-hydrogen) atoms. The maximum atomic E-state index is 13.0. The Labute approximate surface area is 262 Å². The minimum Gasteiger partial charge on any atom is -0.308 e. The van der Waals surface area contributed by atoms with E-state index in [9.17, 15) is 31.0 Å². The van der Waals surface area contributed by atoms with Crippen LogP contribution in [0.3, 0.4) is 0 Å². The number of unbranched alkanes of at least 4 members (excludes halogenated alkanes) is 13. The Bertz CT molecular complexity index is 1510. The van der Waals surface area contributed by atoms with E-state index >= 15 is 0 Å². The van der Waals surface area contributed by atoms with Gasteiger partial charge in [-0.3, -0.25) is 14.1 Å². The third-order valence-corrected chi connectivity index (χ3v) is 10.3. The van der Waals surface area contributed by atoms with Crippen molar-refractivity contribution in [3.63, 3.8) is 0 Å². The SMILES string of the molecule is CCCCCCCCCCCCCCCCS(=O)(=O)c1cccc(N2N=C(NC(=O)c3ccccc3S(=O)(=O)O)CC2=O)c1. The molecule has 0 bridgehead atoms. The van der Waals surface area contributed by atoms with Gasteiger partial charge in [-0.25, -0.2) is 8.42 Å². The van der Waals surface area contributed by atoms with Crippen LogP contribution in [0.4, 0.5) is 5.69 Å². The van der Waals surface area contributed by atoms with Crippen LogP contribution in [-0.4, -0.2) is 44.8 Å². The second-order valence-corrected chi connectivity index (χ2v) is 14.8. The molecule has 3 rings (SSSR count). The van der Waals surface area contributed by atoms with E-state index in [1.807, 2.05) is 0 Å². The molecule has 2 N–H and O–H groups in total. The van der Waals surface area contributed by atoms with E-state index in [4.69, 9.17) is 0 Å². The van der Waals surface area contributed by atoms with Crippen molar-refractivity contribution in [3.8, 4) is 0 Å². The summed E-state index contributed by atoms with van der Waals surface area (Å²) in [5.74, 6) is -1.39. The van der Waals surface area contributed by atoms with Crippen molar-refractivity contribution < 1.29 is 31.0 Å². The van der Waals surface area contributed by atoms with Gasteiger partial charge in [0.15, 0.2) is 9.84 Å². The molecule has 0 radical (unpaired) electrons. The summed E-state index contributed by atoms with van der Waals surface area (Å²) in [6, 6.07) is 11.1. The zero-order valence-electron chi connectivity index (χ0n) is 25.5. The third kappa shape index (κ3) is 11.1. The molecule has 2 aromatic carbocycles. The predicted molar refractivity (Wildman–Crippen MR) is 172 cm³/mol. The van der Waals surface area contributed by atoms with Crippen molar-refractivity contribution in [2.24, 2.45) is 5.10 Å². The molecule has 0 aliphatic carbocycles. The van der Waals surface area contributed by atoms with Crippen LogP contribution in [-0.2, 0) is 24.7 Å². The molecule has 0 atom stereocenters. The highest BCUT2D eigenvalue weighted by Gasteiger charge is 2.29. The number of amides is 2. The monoisotopic (exact) mass is 647 g/mol. The summed E-state index contributed by atoms with van der Waals surface area (Å²) < 4.78 is 58.7. The summed E-state index contributed by atoms with van der Waals surface area (Å²) in [6.45, 7) is 2.24. The quantitative estimate of drug-likeness (QED) is 0.128. The Balaban J connectivity index is 1.45. The number of hydrogen-bond acceptors (Lipinski definition) is 7. The zero-order valence-corrected chi connectivity index (χ0v) is 27.2. The van der Waals surface area contributed by atoms with Crippen molar-refractivity contribution in [2.75, 3.05) is 10.8 Å². The Kier molecular flexibility index (Phi) is 14.0. The van der Waals surface area contributed by atoms with Crippen molar-refractivity contribution in [1.29, 1.82) is 0 Å². The molecular formula is C32H45N3O7S2. The van der Waals surface area contributed by atoms with Crippen molar-refractivity contribution in [1.82, 2.24) is 5.32 Å². The Morgan fingerprint density at radius 3 is 1.98 bits per heavy atom. The lowest BCUT2D eigenvalue weighted by molar-refractivity contribution is -0.116. The number of carbonyl (C=O) groups is 2. The molecule has 0 spiro atoms. The van der Waals surface area contributed by atoms with E-state index in [1.165, 1.54) is 101 Å². The highest BCUT2D eigenvalue weighted by molar-refractivity contribution is 7.91. The maximum Gasteiger partial charge on any atom is 0.295 e. The number of anilines is 1. The Hall–Kier alpha value is -3.09. The molecule has 2 aromatic rings. The first-order chi connectivity index (χ1) is 21.0. The van der Waals surface area contributed by atoms with E-state index in [-0.39, 0.29) is 34.2 Å². The molecule has 12 heteroatoms. The largest absolute Gasteiger partial charge is 0.308 e. The zero-order chi connectivity index (χ0) is 32.0. The van der Waals surface area contributed by atoms with Crippen LogP contribution in [0.5, 0.6) is 0 Å². The number of nitrogens with one attached hydrogen (secondary N) is 1. The lowest BCUT2D eigenvalue weighted by Gasteiger charge is -2.13. The van der Waals surface area contributed by atoms with Gasteiger partial charge in [0, 0.05) is 0 Å². The Morgan fingerprint density at radius 1 is 0.818 bits per heavy atom. The minimum atomic E-state index is -4.65. The van der Waals surface area contributed by atoms with E-state index in [0.29, 0.717) is 6.42 Å². The number of sulfone groups is 1. The highest BCUT2D eigenvalue weighted by Crippen LogP contribution is 2.25. The van der Waals surface area contributed by atoms with Crippen molar-refractivity contribution >= 4 is 43.3 Å². The third-order valence-electron chi connectivity index (χ3n) is 7.63. The molecule has 2 amide bonds. The molecule has 0 unspecified atom stereocenters. The average Bonchev–Trinajstić information content (AvgIpc) is 3.36. The van der Waals surface area contributed by atoms with Crippen LogP contribution in [0, 0.1) is 0 Å². The molecule has 242 valence electrons. The second-order valence-electron chi connectivity index (χ2n) is 11.3. The lowest BCUT2D eigenvalue weighted by atomic mass is 10.0. The molecule has 1 aliphatic rings. The van der Waals surface area contributed by atoms with Crippen molar-refractivity contribution in [3.05, 3.63) is 54.1 Å². The number of carbonyl (C=O) groups excluding carboxylic acids is 2. The number of hydrazone groups is 1. The maximum absolute atomic E-state index is 13.0. The van der Waals surface area contributed by atoms with E-state index < -0.39 is 36.7 Å². The van der Waals surface area contributed by atoms with Gasteiger partial charge in [-0.1, -0.05) is 109 Å². The molecule has 10 nitrogen and oxygen atoms in total. The van der Waals surface area contributed by atoms with Gasteiger partial charge in [0.2, 0.25) is 0 Å². The summed E-state index contributed by atoms with van der Waals surface area (Å²) in [6.07, 6.45) is 16.2. The predicted octanol–water partition coefficient (Wildman–Crippen LogP) is 6.67. The van der Waals surface area contributed by atoms with Crippen LogP contribution >= 0.6 is 0 Å².